The fraction of sp³-hybridized carbons (Fsp3) is 0.171. The molecule has 0 aliphatic heterocycles. The number of Topliss-reactive ketones (excluding diaryl/α,β-unsaturated/α-hetero) is 2. The van der Waals surface area contributed by atoms with E-state index in [0.29, 0.717) is 23.1 Å². The summed E-state index contributed by atoms with van der Waals surface area (Å²) in [5.41, 5.74) is 7.47. The molecular formula is C35H33Cl2N5O2. The smallest absolute Gasteiger partial charge is 0.184 e. The summed E-state index contributed by atoms with van der Waals surface area (Å²) in [6.07, 6.45) is 8.91. The standard InChI is InChI=1S/C18H17ClN2O.C17H16ClN3O/c1-13-11-17(18(22)12-20-9-3-4-10-20)14(2)21(13)16-7-5-15(19)6-8-16;1-12-9-16(17(22)10-20-8-7-19-11-20)13(2)21(12)15-5-3-14(18)4-6-15/h3-11H,12H2,1-2H3;3-9,11H,10H2,1-2H3. The molecule has 0 saturated carbocycles. The van der Waals surface area contributed by atoms with E-state index in [4.69, 9.17) is 23.2 Å². The first kappa shape index (κ1) is 30.9. The molecule has 0 fully saturated rings. The van der Waals surface area contributed by atoms with Crippen LogP contribution in [-0.2, 0) is 13.1 Å². The van der Waals surface area contributed by atoms with Crippen LogP contribution in [-0.4, -0.2) is 34.8 Å². The normalized spacial score (nSPS) is 10.9. The van der Waals surface area contributed by atoms with Crippen molar-refractivity contribution in [1.82, 2.24) is 23.3 Å². The summed E-state index contributed by atoms with van der Waals surface area (Å²) >= 11 is 11.9. The molecule has 0 N–H and O–H groups in total. The summed E-state index contributed by atoms with van der Waals surface area (Å²) in [4.78, 5) is 29.0. The number of carbonyl (C=O) groups excluding carboxylic acids is 2. The van der Waals surface area contributed by atoms with Gasteiger partial charge in [0.2, 0.25) is 0 Å². The lowest BCUT2D eigenvalue weighted by molar-refractivity contribution is 0.0963. The molecule has 4 heterocycles. The Bertz CT molecular complexity index is 1740. The lowest BCUT2D eigenvalue weighted by Gasteiger charge is -2.10. The van der Waals surface area contributed by atoms with Crippen LogP contribution in [0.2, 0.25) is 10.0 Å². The molecule has 224 valence electrons. The Kier molecular flexibility index (Phi) is 9.37. The first-order chi connectivity index (χ1) is 21.1. The van der Waals surface area contributed by atoms with Crippen LogP contribution in [0.15, 0.2) is 104 Å². The topological polar surface area (TPSA) is 66.8 Å². The van der Waals surface area contributed by atoms with Crippen molar-refractivity contribution in [2.24, 2.45) is 0 Å². The zero-order valence-electron chi connectivity index (χ0n) is 25.0. The number of hydrogen-bond acceptors (Lipinski definition) is 3. The third kappa shape index (κ3) is 6.80. The molecule has 0 atom stereocenters. The average Bonchev–Trinajstić information content (AvgIpc) is 3.80. The molecule has 0 aliphatic rings. The number of carbonyl (C=O) groups is 2. The van der Waals surface area contributed by atoms with Crippen molar-refractivity contribution in [3.8, 4) is 11.4 Å². The molecule has 0 radical (unpaired) electrons. The number of nitrogens with zero attached hydrogens (tertiary/aromatic N) is 5. The summed E-state index contributed by atoms with van der Waals surface area (Å²) in [5, 5.41) is 1.40. The molecule has 9 heteroatoms. The predicted molar refractivity (Wildman–Crippen MR) is 176 cm³/mol. The van der Waals surface area contributed by atoms with E-state index in [-0.39, 0.29) is 11.6 Å². The Morgan fingerprint density at radius 1 is 0.636 bits per heavy atom. The largest absolute Gasteiger partial charge is 0.347 e. The molecular weight excluding hydrogens is 593 g/mol. The number of benzene rings is 2. The maximum Gasteiger partial charge on any atom is 0.184 e. The molecule has 0 bridgehead atoms. The number of aryl methyl sites for hydroxylation is 2. The van der Waals surface area contributed by atoms with Crippen LogP contribution >= 0.6 is 23.2 Å². The average molecular weight is 627 g/mol. The van der Waals surface area contributed by atoms with Gasteiger partial charge in [0.1, 0.15) is 0 Å². The number of imidazole rings is 1. The Hall–Kier alpha value is -4.59. The minimum atomic E-state index is 0.0753. The van der Waals surface area contributed by atoms with Gasteiger partial charge in [-0.2, -0.15) is 0 Å². The second-order valence-corrected chi connectivity index (χ2v) is 11.5. The lowest BCUT2D eigenvalue weighted by Crippen LogP contribution is -2.10. The van der Waals surface area contributed by atoms with Gasteiger partial charge >= 0.3 is 0 Å². The van der Waals surface area contributed by atoms with Gasteiger partial charge in [-0.25, -0.2) is 4.98 Å². The molecule has 6 rings (SSSR count). The molecule has 2 aromatic carbocycles. The number of rotatable bonds is 8. The SMILES string of the molecule is Cc1cc(C(=O)Cn2cccc2)c(C)n1-c1ccc(Cl)cc1.Cc1cc(C(=O)Cn2ccnc2)c(C)n1-c1ccc(Cl)cc1. The molecule has 4 aromatic heterocycles. The molecule has 44 heavy (non-hydrogen) atoms. The second kappa shape index (κ2) is 13.4. The van der Waals surface area contributed by atoms with Gasteiger partial charge in [0.05, 0.1) is 19.4 Å². The zero-order valence-corrected chi connectivity index (χ0v) is 26.5. The highest BCUT2D eigenvalue weighted by Gasteiger charge is 2.18. The second-order valence-electron chi connectivity index (χ2n) is 10.6. The van der Waals surface area contributed by atoms with E-state index in [1.807, 2.05) is 117 Å². The highest BCUT2D eigenvalue weighted by Crippen LogP contribution is 2.24. The lowest BCUT2D eigenvalue weighted by atomic mass is 10.1. The summed E-state index contributed by atoms with van der Waals surface area (Å²) in [5.74, 6) is 0.191. The summed E-state index contributed by atoms with van der Waals surface area (Å²) in [6.45, 7) is 8.60. The van der Waals surface area contributed by atoms with Crippen molar-refractivity contribution in [3.63, 3.8) is 0 Å². The van der Waals surface area contributed by atoms with E-state index in [0.717, 1.165) is 45.3 Å². The Labute approximate surface area is 266 Å². The summed E-state index contributed by atoms with van der Waals surface area (Å²) in [7, 11) is 0. The van der Waals surface area contributed by atoms with Gasteiger partial charge in [0.25, 0.3) is 0 Å². The van der Waals surface area contributed by atoms with E-state index >= 15 is 0 Å². The highest BCUT2D eigenvalue weighted by atomic mass is 35.5. The summed E-state index contributed by atoms with van der Waals surface area (Å²) < 4.78 is 7.81. The van der Waals surface area contributed by atoms with Gasteiger partial charge in [-0.3, -0.25) is 9.59 Å². The predicted octanol–water partition coefficient (Wildman–Crippen LogP) is 8.26. The monoisotopic (exact) mass is 625 g/mol. The van der Waals surface area contributed by atoms with Gasteiger partial charge in [-0.05, 0) is 100 Å². The molecule has 6 aromatic rings. The van der Waals surface area contributed by atoms with E-state index in [9.17, 15) is 9.59 Å². The fourth-order valence-corrected chi connectivity index (χ4v) is 5.67. The van der Waals surface area contributed by atoms with Gasteiger partial charge in [-0.15, -0.1) is 0 Å². The van der Waals surface area contributed by atoms with E-state index in [1.54, 1.807) is 23.3 Å². The van der Waals surface area contributed by atoms with Gasteiger partial charge in [0, 0.05) is 80.1 Å². The Balaban J connectivity index is 0.000000175. The molecule has 0 saturated heterocycles. The molecule has 0 amide bonds. The van der Waals surface area contributed by atoms with Crippen LogP contribution in [0.25, 0.3) is 11.4 Å². The van der Waals surface area contributed by atoms with Crippen molar-refractivity contribution >= 4 is 34.8 Å². The van der Waals surface area contributed by atoms with Crippen LogP contribution < -0.4 is 0 Å². The van der Waals surface area contributed by atoms with Crippen LogP contribution in [0, 0.1) is 27.7 Å². The van der Waals surface area contributed by atoms with Crippen molar-refractivity contribution in [2.75, 3.05) is 0 Å². The number of halogens is 2. The minimum Gasteiger partial charge on any atom is -0.347 e. The van der Waals surface area contributed by atoms with Crippen molar-refractivity contribution in [3.05, 3.63) is 148 Å². The van der Waals surface area contributed by atoms with Gasteiger partial charge in [-0.1, -0.05) is 23.2 Å². The first-order valence-corrected chi connectivity index (χ1v) is 14.9. The zero-order chi connectivity index (χ0) is 31.4. The number of aromatic nitrogens is 5. The quantitative estimate of drug-likeness (QED) is 0.160. The maximum absolute atomic E-state index is 12.5. The Morgan fingerprint density at radius 3 is 1.48 bits per heavy atom. The summed E-state index contributed by atoms with van der Waals surface area (Å²) in [6, 6.07) is 23.0. The molecule has 0 unspecified atom stereocenters. The maximum atomic E-state index is 12.5. The number of hydrogen-bond donors (Lipinski definition) is 0. The molecule has 0 aliphatic carbocycles. The van der Waals surface area contributed by atoms with Gasteiger partial charge < -0.3 is 18.3 Å². The van der Waals surface area contributed by atoms with Crippen LogP contribution in [0.3, 0.4) is 0 Å². The van der Waals surface area contributed by atoms with Crippen LogP contribution in [0.4, 0.5) is 0 Å². The molecule has 7 nitrogen and oxygen atoms in total. The van der Waals surface area contributed by atoms with E-state index < -0.39 is 0 Å². The van der Waals surface area contributed by atoms with Crippen molar-refractivity contribution in [2.45, 2.75) is 40.8 Å². The van der Waals surface area contributed by atoms with E-state index in [2.05, 4.69) is 14.1 Å². The molecule has 0 spiro atoms. The van der Waals surface area contributed by atoms with Crippen molar-refractivity contribution < 1.29 is 9.59 Å². The minimum absolute atomic E-state index is 0.0753. The van der Waals surface area contributed by atoms with Crippen molar-refractivity contribution in [1.29, 1.82) is 0 Å². The van der Waals surface area contributed by atoms with Gasteiger partial charge in [0.15, 0.2) is 11.6 Å². The van der Waals surface area contributed by atoms with Crippen LogP contribution in [0.1, 0.15) is 43.5 Å². The van der Waals surface area contributed by atoms with E-state index in [1.165, 1.54) is 0 Å². The third-order valence-electron chi connectivity index (χ3n) is 7.51. The third-order valence-corrected chi connectivity index (χ3v) is 8.01. The van der Waals surface area contributed by atoms with Crippen LogP contribution in [0.5, 0.6) is 0 Å². The Morgan fingerprint density at radius 2 is 1.07 bits per heavy atom. The highest BCUT2D eigenvalue weighted by molar-refractivity contribution is 6.30. The fourth-order valence-electron chi connectivity index (χ4n) is 5.42. The first-order valence-electron chi connectivity index (χ1n) is 14.1. The number of ketones is 2.